The van der Waals surface area contributed by atoms with Crippen LogP contribution in [-0.2, 0) is 14.3 Å². The van der Waals surface area contributed by atoms with E-state index in [4.69, 9.17) is 9.47 Å². The van der Waals surface area contributed by atoms with Crippen LogP contribution in [0.5, 0.6) is 0 Å². The Hall–Kier alpha value is -1.39. The lowest BCUT2D eigenvalue weighted by molar-refractivity contribution is -0.129. The van der Waals surface area contributed by atoms with E-state index >= 15 is 0 Å². The van der Waals surface area contributed by atoms with E-state index in [1.165, 1.54) is 24.8 Å². The molecule has 0 bridgehead atoms. The van der Waals surface area contributed by atoms with Crippen LogP contribution in [0.2, 0.25) is 0 Å². The van der Waals surface area contributed by atoms with E-state index in [9.17, 15) is 4.79 Å². The topological polar surface area (TPSA) is 47.6 Å². The summed E-state index contributed by atoms with van der Waals surface area (Å²) in [5.41, 5.74) is 1.37. The molecule has 0 spiro atoms. The third-order valence-electron chi connectivity index (χ3n) is 6.01. The highest BCUT2D eigenvalue weighted by molar-refractivity contribution is 5.78. The van der Waals surface area contributed by atoms with Crippen LogP contribution in [-0.4, -0.2) is 37.9 Å². The van der Waals surface area contributed by atoms with Gasteiger partial charge in [-0.3, -0.25) is 4.79 Å². The minimum absolute atomic E-state index is 0.0179. The van der Waals surface area contributed by atoms with Gasteiger partial charge in [0.15, 0.2) is 0 Å². The SMILES string of the molecule is O=C(COC[C@@H]1CCCO1)N[C@@H]1[C@@H]2CCC[C@@H]2[C@H]1c1ccccc1. The summed E-state index contributed by atoms with van der Waals surface area (Å²) in [5.74, 6) is 1.88. The third kappa shape index (κ3) is 3.22. The molecule has 1 aliphatic heterocycles. The minimum atomic E-state index is 0.0179. The Labute approximate surface area is 143 Å². The smallest absolute Gasteiger partial charge is 0.246 e. The number of hydrogen-bond donors (Lipinski definition) is 1. The molecule has 1 saturated heterocycles. The Bertz CT molecular complexity index is 555. The van der Waals surface area contributed by atoms with Gasteiger partial charge in [0.2, 0.25) is 5.91 Å². The molecule has 4 nitrogen and oxygen atoms in total. The maximum Gasteiger partial charge on any atom is 0.246 e. The van der Waals surface area contributed by atoms with Crippen molar-refractivity contribution in [2.24, 2.45) is 11.8 Å². The highest BCUT2D eigenvalue weighted by atomic mass is 16.5. The van der Waals surface area contributed by atoms with Crippen molar-refractivity contribution in [2.75, 3.05) is 19.8 Å². The molecule has 1 amide bonds. The number of carbonyl (C=O) groups excluding carboxylic acids is 1. The molecule has 24 heavy (non-hydrogen) atoms. The number of ether oxygens (including phenoxy) is 2. The fraction of sp³-hybridized carbons (Fsp3) is 0.650. The molecule has 4 rings (SSSR count). The maximum absolute atomic E-state index is 12.3. The number of rotatable bonds is 6. The van der Waals surface area contributed by atoms with E-state index in [2.05, 4.69) is 35.6 Å². The van der Waals surface area contributed by atoms with Crippen molar-refractivity contribution in [2.45, 2.75) is 50.2 Å². The highest BCUT2D eigenvalue weighted by Gasteiger charge is 2.53. The van der Waals surface area contributed by atoms with Gasteiger partial charge in [-0.1, -0.05) is 36.8 Å². The van der Waals surface area contributed by atoms with Gasteiger partial charge < -0.3 is 14.8 Å². The number of nitrogens with one attached hydrogen (secondary N) is 1. The molecular weight excluding hydrogens is 302 g/mol. The molecule has 1 N–H and O–H groups in total. The predicted molar refractivity (Wildman–Crippen MR) is 91.7 cm³/mol. The molecule has 1 aromatic rings. The number of carbonyl (C=O) groups is 1. The molecule has 0 radical (unpaired) electrons. The maximum atomic E-state index is 12.3. The van der Waals surface area contributed by atoms with E-state index in [1.54, 1.807) is 0 Å². The zero-order valence-corrected chi connectivity index (χ0v) is 14.2. The first-order valence-electron chi connectivity index (χ1n) is 9.36. The van der Waals surface area contributed by atoms with E-state index in [0.717, 1.165) is 25.4 Å². The van der Waals surface area contributed by atoms with Crippen molar-refractivity contribution in [1.82, 2.24) is 5.32 Å². The summed E-state index contributed by atoms with van der Waals surface area (Å²) in [6, 6.07) is 10.9. The minimum Gasteiger partial charge on any atom is -0.376 e. The largest absolute Gasteiger partial charge is 0.376 e. The normalized spacial score (nSPS) is 34.6. The number of amides is 1. The van der Waals surface area contributed by atoms with Crippen molar-refractivity contribution in [3.8, 4) is 0 Å². The van der Waals surface area contributed by atoms with Gasteiger partial charge >= 0.3 is 0 Å². The second kappa shape index (κ2) is 7.24. The number of benzene rings is 1. The van der Waals surface area contributed by atoms with Gasteiger partial charge in [0.25, 0.3) is 0 Å². The average Bonchev–Trinajstić information content (AvgIpc) is 3.24. The number of hydrogen-bond acceptors (Lipinski definition) is 3. The average molecular weight is 329 g/mol. The summed E-state index contributed by atoms with van der Waals surface area (Å²) >= 11 is 0. The van der Waals surface area contributed by atoms with Gasteiger partial charge in [0.05, 0.1) is 12.7 Å². The van der Waals surface area contributed by atoms with Gasteiger partial charge in [-0.05, 0) is 43.1 Å². The van der Waals surface area contributed by atoms with Crippen LogP contribution in [0.25, 0.3) is 0 Å². The molecule has 0 aromatic heterocycles. The Balaban J connectivity index is 1.31. The van der Waals surface area contributed by atoms with Crippen molar-refractivity contribution in [1.29, 1.82) is 0 Å². The molecule has 3 fully saturated rings. The Morgan fingerprint density at radius 1 is 1.12 bits per heavy atom. The van der Waals surface area contributed by atoms with Crippen LogP contribution in [0.3, 0.4) is 0 Å². The summed E-state index contributed by atoms with van der Waals surface area (Å²) in [5, 5.41) is 3.26. The van der Waals surface area contributed by atoms with E-state index in [0.29, 0.717) is 18.4 Å². The second-order valence-corrected chi connectivity index (χ2v) is 7.44. The molecule has 5 atom stereocenters. The summed E-state index contributed by atoms with van der Waals surface area (Å²) in [6.45, 7) is 1.51. The monoisotopic (exact) mass is 329 g/mol. The third-order valence-corrected chi connectivity index (χ3v) is 6.01. The molecule has 1 aromatic carbocycles. The molecular formula is C20H27NO3. The molecule has 0 unspecified atom stereocenters. The van der Waals surface area contributed by atoms with E-state index in [-0.39, 0.29) is 24.7 Å². The Morgan fingerprint density at radius 2 is 1.96 bits per heavy atom. The van der Waals surface area contributed by atoms with Gasteiger partial charge in [0.1, 0.15) is 6.61 Å². The van der Waals surface area contributed by atoms with Crippen molar-refractivity contribution in [3.05, 3.63) is 35.9 Å². The first-order chi connectivity index (χ1) is 11.8. The quantitative estimate of drug-likeness (QED) is 0.873. The first kappa shape index (κ1) is 16.1. The summed E-state index contributed by atoms with van der Waals surface area (Å²) < 4.78 is 11.1. The Kier molecular flexibility index (Phi) is 4.86. The van der Waals surface area contributed by atoms with Gasteiger partial charge in [0, 0.05) is 18.6 Å². The van der Waals surface area contributed by atoms with E-state index < -0.39 is 0 Å². The molecule has 130 valence electrons. The second-order valence-electron chi connectivity index (χ2n) is 7.44. The van der Waals surface area contributed by atoms with Crippen LogP contribution >= 0.6 is 0 Å². The standard InChI is InChI=1S/C20H27NO3/c22-18(13-23-12-15-8-5-11-24-15)21-20-17-10-4-9-16(17)19(20)14-6-2-1-3-7-14/h1-3,6-7,15-17,19-20H,4-5,8-13H2,(H,21,22)/t15-,16-,17+,19+,20+/m0/s1. The van der Waals surface area contributed by atoms with Gasteiger partial charge in [-0.25, -0.2) is 0 Å². The lowest BCUT2D eigenvalue weighted by Gasteiger charge is -2.49. The first-order valence-corrected chi connectivity index (χ1v) is 9.36. The lowest BCUT2D eigenvalue weighted by atomic mass is 9.60. The van der Waals surface area contributed by atoms with Crippen molar-refractivity contribution < 1.29 is 14.3 Å². The van der Waals surface area contributed by atoms with Crippen molar-refractivity contribution in [3.63, 3.8) is 0 Å². The zero-order chi connectivity index (χ0) is 16.4. The zero-order valence-electron chi connectivity index (χ0n) is 14.2. The molecule has 1 heterocycles. The molecule has 4 heteroatoms. The van der Waals surface area contributed by atoms with Crippen LogP contribution in [0.15, 0.2) is 30.3 Å². The number of fused-ring (bicyclic) bond motifs is 1. The van der Waals surface area contributed by atoms with Crippen LogP contribution in [0.1, 0.15) is 43.6 Å². The van der Waals surface area contributed by atoms with Crippen molar-refractivity contribution >= 4 is 5.91 Å². The molecule has 2 aliphatic carbocycles. The molecule has 2 saturated carbocycles. The van der Waals surface area contributed by atoms with Gasteiger partial charge in [-0.15, -0.1) is 0 Å². The lowest BCUT2D eigenvalue weighted by Crippen LogP contribution is -2.57. The fourth-order valence-electron chi connectivity index (χ4n) is 4.91. The van der Waals surface area contributed by atoms with E-state index in [1.807, 2.05) is 0 Å². The van der Waals surface area contributed by atoms with Crippen LogP contribution in [0.4, 0.5) is 0 Å². The Morgan fingerprint density at radius 3 is 2.75 bits per heavy atom. The highest BCUT2D eigenvalue weighted by Crippen LogP contribution is 2.55. The molecule has 3 aliphatic rings. The summed E-state index contributed by atoms with van der Waals surface area (Å²) in [4.78, 5) is 12.3. The summed E-state index contributed by atoms with van der Waals surface area (Å²) in [7, 11) is 0. The van der Waals surface area contributed by atoms with Crippen LogP contribution < -0.4 is 5.32 Å². The van der Waals surface area contributed by atoms with Gasteiger partial charge in [-0.2, -0.15) is 0 Å². The fourth-order valence-corrected chi connectivity index (χ4v) is 4.91. The predicted octanol–water partition coefficient (Wildman–Crippen LogP) is 2.88. The van der Waals surface area contributed by atoms with Crippen LogP contribution in [0, 0.1) is 11.8 Å². The summed E-state index contributed by atoms with van der Waals surface area (Å²) in [6.07, 6.45) is 6.16.